The van der Waals surface area contributed by atoms with Gasteiger partial charge in [0.25, 0.3) is 0 Å². The molecule has 0 aliphatic heterocycles. The van der Waals surface area contributed by atoms with Crippen molar-refractivity contribution >= 4 is 22.1 Å². The van der Waals surface area contributed by atoms with Crippen molar-refractivity contribution in [3.8, 4) is 11.4 Å². The van der Waals surface area contributed by atoms with E-state index in [9.17, 15) is 0 Å². The first kappa shape index (κ1) is 12.1. The lowest BCUT2D eigenvalue weighted by atomic mass is 10.1. The monoisotopic (exact) mass is 276 g/mol. The molecule has 0 amide bonds. The summed E-state index contributed by atoms with van der Waals surface area (Å²) in [6, 6.07) is 10.5. The molecule has 0 fully saturated rings. The summed E-state index contributed by atoms with van der Waals surface area (Å²) >= 11 is 0. The first-order valence-corrected chi connectivity index (χ1v) is 7.04. The normalized spacial score (nSPS) is 11.6. The van der Waals surface area contributed by atoms with E-state index in [4.69, 9.17) is 4.98 Å². The van der Waals surface area contributed by atoms with E-state index < -0.39 is 0 Å². The molecule has 0 aliphatic carbocycles. The maximum absolute atomic E-state index is 4.70. The van der Waals surface area contributed by atoms with Gasteiger partial charge < -0.3 is 9.97 Å². The number of hydrogen-bond donors (Lipinski definition) is 2. The van der Waals surface area contributed by atoms with Crippen molar-refractivity contribution in [1.82, 2.24) is 19.9 Å². The lowest BCUT2D eigenvalue weighted by Gasteiger charge is -2.02. The number of aromatic nitrogens is 4. The molecule has 0 radical (unpaired) electrons. The van der Waals surface area contributed by atoms with Crippen LogP contribution in [0.5, 0.6) is 0 Å². The third-order valence-electron chi connectivity index (χ3n) is 3.98. The second kappa shape index (κ2) is 4.19. The van der Waals surface area contributed by atoms with Crippen LogP contribution in [0.25, 0.3) is 33.5 Å². The summed E-state index contributed by atoms with van der Waals surface area (Å²) in [5, 5.41) is 0. The van der Waals surface area contributed by atoms with Gasteiger partial charge in [0.05, 0.1) is 22.1 Å². The summed E-state index contributed by atoms with van der Waals surface area (Å²) in [6.07, 6.45) is 0. The molecule has 4 nitrogen and oxygen atoms in total. The Morgan fingerprint density at radius 2 is 1.52 bits per heavy atom. The molecule has 0 atom stereocenters. The van der Waals surface area contributed by atoms with Crippen molar-refractivity contribution in [3.63, 3.8) is 0 Å². The van der Waals surface area contributed by atoms with Gasteiger partial charge in [0.2, 0.25) is 0 Å². The van der Waals surface area contributed by atoms with Crippen molar-refractivity contribution in [1.29, 1.82) is 0 Å². The minimum atomic E-state index is 0.900. The van der Waals surface area contributed by atoms with Gasteiger partial charge >= 0.3 is 0 Å². The molecule has 2 aromatic carbocycles. The highest BCUT2D eigenvalue weighted by Crippen LogP contribution is 2.25. The minimum Gasteiger partial charge on any atom is -0.342 e. The standard InChI is InChI=1S/C17H16N4/c1-9-4-5-12(6-10(9)2)17-20-15-7-13-14(8-16(15)21-17)19-11(3)18-13/h4-8H,1-3H3,(H,18,19)(H,20,21). The Morgan fingerprint density at radius 3 is 2.33 bits per heavy atom. The van der Waals surface area contributed by atoms with Crippen LogP contribution < -0.4 is 0 Å². The largest absolute Gasteiger partial charge is 0.342 e. The zero-order chi connectivity index (χ0) is 14.6. The molecular weight excluding hydrogens is 260 g/mol. The van der Waals surface area contributed by atoms with E-state index in [1.54, 1.807) is 0 Å². The van der Waals surface area contributed by atoms with Crippen LogP contribution in [0.4, 0.5) is 0 Å². The molecule has 4 aromatic rings. The fourth-order valence-corrected chi connectivity index (χ4v) is 2.67. The number of hydrogen-bond acceptors (Lipinski definition) is 2. The predicted octanol–water partition coefficient (Wildman–Crippen LogP) is 4.03. The van der Waals surface area contributed by atoms with E-state index >= 15 is 0 Å². The second-order valence-corrected chi connectivity index (χ2v) is 5.59. The van der Waals surface area contributed by atoms with Crippen LogP contribution in [0.15, 0.2) is 30.3 Å². The summed E-state index contributed by atoms with van der Waals surface area (Å²) in [5.41, 5.74) is 7.65. The Labute approximate surface area is 122 Å². The van der Waals surface area contributed by atoms with Gasteiger partial charge in [-0.2, -0.15) is 0 Å². The highest BCUT2D eigenvalue weighted by Gasteiger charge is 2.09. The van der Waals surface area contributed by atoms with E-state index in [1.165, 1.54) is 11.1 Å². The molecule has 0 bridgehead atoms. The van der Waals surface area contributed by atoms with Crippen LogP contribution in [0, 0.1) is 20.8 Å². The SMILES string of the molecule is Cc1nc2cc3nc(-c4ccc(C)c(C)c4)[nH]c3cc2[nH]1. The van der Waals surface area contributed by atoms with Crippen molar-refractivity contribution in [3.05, 3.63) is 47.3 Å². The Morgan fingerprint density at radius 1 is 0.762 bits per heavy atom. The summed E-state index contributed by atoms with van der Waals surface area (Å²) in [6.45, 7) is 6.20. The number of H-pyrrole nitrogens is 2. The highest BCUT2D eigenvalue weighted by molar-refractivity contribution is 5.92. The quantitative estimate of drug-likeness (QED) is 0.551. The zero-order valence-electron chi connectivity index (χ0n) is 12.3. The van der Waals surface area contributed by atoms with Gasteiger partial charge in [-0.15, -0.1) is 0 Å². The van der Waals surface area contributed by atoms with Crippen molar-refractivity contribution < 1.29 is 0 Å². The number of imidazole rings is 2. The molecule has 2 aromatic heterocycles. The Bertz CT molecular complexity index is 924. The predicted molar refractivity (Wildman–Crippen MR) is 85.4 cm³/mol. The molecule has 0 aliphatic rings. The van der Waals surface area contributed by atoms with E-state index in [2.05, 4.69) is 53.1 Å². The number of benzene rings is 2. The van der Waals surface area contributed by atoms with Gasteiger partial charge in [-0.3, -0.25) is 0 Å². The molecule has 2 N–H and O–H groups in total. The first-order chi connectivity index (χ1) is 10.1. The Balaban J connectivity index is 1.91. The van der Waals surface area contributed by atoms with Crippen LogP contribution in [0.3, 0.4) is 0 Å². The number of nitrogens with zero attached hydrogens (tertiary/aromatic N) is 2. The maximum atomic E-state index is 4.70. The van der Waals surface area contributed by atoms with Crippen molar-refractivity contribution in [2.75, 3.05) is 0 Å². The third-order valence-corrected chi connectivity index (χ3v) is 3.98. The molecule has 4 heteroatoms. The molecule has 0 saturated heterocycles. The van der Waals surface area contributed by atoms with E-state index in [-0.39, 0.29) is 0 Å². The van der Waals surface area contributed by atoms with E-state index in [0.717, 1.165) is 39.3 Å². The zero-order valence-corrected chi connectivity index (χ0v) is 12.3. The second-order valence-electron chi connectivity index (χ2n) is 5.59. The average Bonchev–Trinajstić information content (AvgIpc) is 3.00. The number of fused-ring (bicyclic) bond motifs is 2. The number of aromatic amines is 2. The molecular formula is C17H16N4. The summed E-state index contributed by atoms with van der Waals surface area (Å²) < 4.78 is 0. The van der Waals surface area contributed by atoms with Gasteiger partial charge in [-0.25, -0.2) is 9.97 Å². The maximum Gasteiger partial charge on any atom is 0.138 e. The summed E-state index contributed by atoms with van der Waals surface area (Å²) in [4.78, 5) is 15.8. The van der Waals surface area contributed by atoms with Crippen LogP contribution in [0.1, 0.15) is 17.0 Å². The van der Waals surface area contributed by atoms with Crippen molar-refractivity contribution in [2.24, 2.45) is 0 Å². The Kier molecular flexibility index (Phi) is 2.42. The fourth-order valence-electron chi connectivity index (χ4n) is 2.67. The highest BCUT2D eigenvalue weighted by atomic mass is 14.9. The number of rotatable bonds is 1. The topological polar surface area (TPSA) is 57.4 Å². The molecule has 104 valence electrons. The van der Waals surface area contributed by atoms with Gasteiger partial charge in [0.15, 0.2) is 0 Å². The lowest BCUT2D eigenvalue weighted by Crippen LogP contribution is -1.84. The van der Waals surface area contributed by atoms with Gasteiger partial charge in [-0.1, -0.05) is 12.1 Å². The molecule has 21 heavy (non-hydrogen) atoms. The summed E-state index contributed by atoms with van der Waals surface area (Å²) in [7, 11) is 0. The lowest BCUT2D eigenvalue weighted by molar-refractivity contribution is 1.17. The molecule has 0 saturated carbocycles. The molecule has 4 rings (SSSR count). The van der Waals surface area contributed by atoms with Crippen LogP contribution >= 0.6 is 0 Å². The molecule has 2 heterocycles. The van der Waals surface area contributed by atoms with Crippen LogP contribution in [0.2, 0.25) is 0 Å². The fraction of sp³-hybridized carbons (Fsp3) is 0.176. The average molecular weight is 276 g/mol. The smallest absolute Gasteiger partial charge is 0.138 e. The van der Waals surface area contributed by atoms with Crippen LogP contribution in [-0.4, -0.2) is 19.9 Å². The van der Waals surface area contributed by atoms with Gasteiger partial charge in [0.1, 0.15) is 11.6 Å². The number of nitrogens with one attached hydrogen (secondary N) is 2. The first-order valence-electron chi connectivity index (χ1n) is 7.04. The van der Waals surface area contributed by atoms with E-state index in [0.29, 0.717) is 0 Å². The minimum absolute atomic E-state index is 0.900. The number of aryl methyl sites for hydroxylation is 3. The van der Waals surface area contributed by atoms with E-state index in [1.807, 2.05) is 13.0 Å². The molecule has 0 unspecified atom stereocenters. The van der Waals surface area contributed by atoms with Crippen molar-refractivity contribution in [2.45, 2.75) is 20.8 Å². The summed E-state index contributed by atoms with van der Waals surface area (Å²) in [5.74, 6) is 1.82. The third kappa shape index (κ3) is 1.91. The van der Waals surface area contributed by atoms with Gasteiger partial charge in [0, 0.05) is 5.56 Å². The van der Waals surface area contributed by atoms with Gasteiger partial charge in [-0.05, 0) is 50.1 Å². The molecule has 0 spiro atoms. The Hall–Kier alpha value is -2.62. The van der Waals surface area contributed by atoms with Crippen LogP contribution in [-0.2, 0) is 0 Å².